The van der Waals surface area contributed by atoms with E-state index in [0.717, 1.165) is 12.5 Å². The van der Waals surface area contributed by atoms with Crippen LogP contribution in [0.15, 0.2) is 29.0 Å². The smallest absolute Gasteiger partial charge is 0.246 e. The number of phenols is 1. The van der Waals surface area contributed by atoms with Crippen molar-refractivity contribution in [1.82, 2.24) is 15.5 Å². The quantitative estimate of drug-likeness (QED) is 0.235. The summed E-state index contributed by atoms with van der Waals surface area (Å²) in [5, 5.41) is 51.2. The summed E-state index contributed by atoms with van der Waals surface area (Å²) in [4.78, 5) is 54.2. The highest BCUT2D eigenvalue weighted by atomic mass is 16.5. The molecule has 0 radical (unpaired) electrons. The number of rotatable bonds is 8. The highest BCUT2D eigenvalue weighted by molar-refractivity contribution is 6.25. The van der Waals surface area contributed by atoms with E-state index < -0.39 is 63.3 Å². The first kappa shape index (κ1) is 29.4. The Hall–Kier alpha value is -3.58. The number of carbonyl (C=O) groups is 4. The minimum atomic E-state index is -2.72. The first-order valence-corrected chi connectivity index (χ1v) is 12.9. The molecule has 40 heavy (non-hydrogen) atoms. The summed E-state index contributed by atoms with van der Waals surface area (Å²) >= 11 is 0. The van der Waals surface area contributed by atoms with E-state index in [2.05, 4.69) is 10.6 Å². The number of likely N-dealkylation sites (N-methyl/N-ethyl adjacent to an activating group) is 1. The van der Waals surface area contributed by atoms with Gasteiger partial charge in [0.15, 0.2) is 17.2 Å². The van der Waals surface area contributed by atoms with Crippen molar-refractivity contribution in [3.63, 3.8) is 0 Å². The highest BCUT2D eigenvalue weighted by Gasteiger charge is 2.67. The van der Waals surface area contributed by atoms with Crippen LogP contribution >= 0.6 is 0 Å². The van der Waals surface area contributed by atoms with Crippen LogP contribution in [0.5, 0.6) is 5.75 Å². The van der Waals surface area contributed by atoms with Crippen molar-refractivity contribution < 1.29 is 44.3 Å². The lowest BCUT2D eigenvalue weighted by Crippen LogP contribution is -2.68. The van der Waals surface area contributed by atoms with Crippen LogP contribution < -0.4 is 10.6 Å². The van der Waals surface area contributed by atoms with E-state index in [1.54, 1.807) is 27.2 Å². The lowest BCUT2D eigenvalue weighted by molar-refractivity contribution is -0.157. The number of nitrogens with one attached hydrogen (secondary N) is 2. The molecule has 216 valence electrons. The molecule has 3 aliphatic carbocycles. The van der Waals surface area contributed by atoms with Gasteiger partial charge in [0, 0.05) is 37.1 Å². The number of ketones is 3. The second-order valence-corrected chi connectivity index (χ2v) is 11.0. The molecule has 4 atom stereocenters. The van der Waals surface area contributed by atoms with Crippen molar-refractivity contribution in [2.75, 3.05) is 41.4 Å². The number of Topliss-reactive ketones (excluding diaryl/α,β-unsaturated/α-hetero) is 3. The average Bonchev–Trinajstić information content (AvgIpc) is 2.86. The lowest BCUT2D eigenvalue weighted by Gasteiger charge is -2.55. The lowest BCUT2D eigenvalue weighted by atomic mass is 9.51. The number of methoxy groups -OCH3 is 1. The van der Waals surface area contributed by atoms with Crippen LogP contribution in [-0.2, 0) is 36.9 Å². The topological polar surface area (TPSA) is 186 Å². The van der Waals surface area contributed by atoms with Crippen LogP contribution in [0.1, 0.15) is 30.0 Å². The fourth-order valence-electron chi connectivity index (χ4n) is 6.62. The number of amides is 1. The van der Waals surface area contributed by atoms with Crippen molar-refractivity contribution in [1.29, 1.82) is 0 Å². The number of hydrogen-bond donors (Lipinski definition) is 6. The third-order valence-electron chi connectivity index (χ3n) is 8.30. The van der Waals surface area contributed by atoms with Crippen LogP contribution in [0.3, 0.4) is 0 Å². The van der Waals surface area contributed by atoms with E-state index >= 15 is 0 Å². The molecule has 12 heteroatoms. The number of carbonyl (C=O) groups excluding carboxylic acids is 4. The number of phenolic OH excluding ortho intramolecular Hbond substituents is 1. The van der Waals surface area contributed by atoms with Gasteiger partial charge < -0.3 is 35.8 Å². The van der Waals surface area contributed by atoms with Gasteiger partial charge >= 0.3 is 0 Å². The second kappa shape index (κ2) is 10.4. The fourth-order valence-corrected chi connectivity index (χ4v) is 6.62. The number of hydrogen-bond acceptors (Lipinski definition) is 11. The van der Waals surface area contributed by atoms with Crippen molar-refractivity contribution in [3.05, 3.63) is 45.7 Å². The maximum atomic E-state index is 14.4. The van der Waals surface area contributed by atoms with Crippen LogP contribution in [-0.4, -0.2) is 102 Å². The van der Waals surface area contributed by atoms with E-state index in [1.165, 1.54) is 18.1 Å². The third kappa shape index (κ3) is 4.22. The summed E-state index contributed by atoms with van der Waals surface area (Å²) in [6.07, 6.45) is -0.0864. The molecule has 1 saturated carbocycles. The van der Waals surface area contributed by atoms with Gasteiger partial charge in [-0.25, -0.2) is 0 Å². The van der Waals surface area contributed by atoms with E-state index in [9.17, 15) is 39.6 Å². The Balaban J connectivity index is 2.04. The number of fused-ring (bicyclic) bond motifs is 3. The van der Waals surface area contributed by atoms with E-state index in [0.29, 0.717) is 12.1 Å². The number of aromatic hydroxyl groups is 1. The summed E-state index contributed by atoms with van der Waals surface area (Å²) in [7, 11) is 6.19. The molecule has 1 fully saturated rings. The number of nitrogens with zero attached hydrogens (tertiary/aromatic N) is 1. The maximum absolute atomic E-state index is 14.4. The minimum absolute atomic E-state index is 0.00305. The second-order valence-electron chi connectivity index (χ2n) is 11.0. The van der Waals surface area contributed by atoms with Crippen LogP contribution in [0.25, 0.3) is 5.76 Å². The summed E-state index contributed by atoms with van der Waals surface area (Å²) in [6, 6.07) is 1.88. The Morgan fingerprint density at radius 3 is 2.42 bits per heavy atom. The van der Waals surface area contributed by atoms with Crippen LogP contribution in [0, 0.1) is 11.3 Å². The van der Waals surface area contributed by atoms with Gasteiger partial charge in [0.05, 0.1) is 11.6 Å². The van der Waals surface area contributed by atoms with Gasteiger partial charge in [-0.05, 0) is 58.1 Å². The highest BCUT2D eigenvalue weighted by Crippen LogP contribution is 2.58. The summed E-state index contributed by atoms with van der Waals surface area (Å²) < 4.78 is 4.91. The molecule has 1 amide bonds. The van der Waals surface area contributed by atoms with Gasteiger partial charge in [0.25, 0.3) is 0 Å². The first-order chi connectivity index (χ1) is 18.8. The molecule has 0 aliphatic heterocycles. The van der Waals surface area contributed by atoms with E-state index in [4.69, 9.17) is 4.74 Å². The van der Waals surface area contributed by atoms with E-state index in [1.807, 2.05) is 0 Å². The predicted molar refractivity (Wildman–Crippen MR) is 142 cm³/mol. The molecular formula is C28H35N3O9. The predicted octanol–water partition coefficient (Wildman–Crippen LogP) is -0.0801. The van der Waals surface area contributed by atoms with Gasteiger partial charge in [0.1, 0.15) is 29.4 Å². The largest absolute Gasteiger partial charge is 0.508 e. The van der Waals surface area contributed by atoms with Crippen molar-refractivity contribution in [3.8, 4) is 5.75 Å². The standard InChI is InChI=1S/C28H35N3O9/c1-13(32)19-24(36)22(31(3)4)16-9-27(12-30-18(34)11-40-5)8-15-14(10-29-2)6-7-17(33)20(15)23(35)21(27)26(38)28(16,39)25(19)37/h6-7,16,22,29,33,35,37,39H,8-12H2,1-5H3,(H,30,34)/t16-,22-,27-,28+/m0/s1. The molecule has 3 aliphatic rings. The molecule has 1 aromatic carbocycles. The molecule has 0 unspecified atom stereocenters. The monoisotopic (exact) mass is 557 g/mol. The number of aliphatic hydroxyl groups is 3. The SMILES string of the molecule is CNCc1ccc(O)c2c1C[C@@]1(CNC(=O)COC)C[C@H]3[C@H](N(C)C)C(=O)C(C(C)=O)=C(O)[C@@]3(O)C(=O)C1=C2O. The molecule has 0 bridgehead atoms. The Morgan fingerprint density at radius 1 is 1.18 bits per heavy atom. The molecule has 0 spiro atoms. The number of benzene rings is 1. The van der Waals surface area contributed by atoms with Crippen LogP contribution in [0.2, 0.25) is 0 Å². The Morgan fingerprint density at radius 2 is 1.85 bits per heavy atom. The Labute approximate surface area is 231 Å². The van der Waals surface area contributed by atoms with Crippen molar-refractivity contribution >= 4 is 29.0 Å². The third-order valence-corrected chi connectivity index (χ3v) is 8.30. The summed E-state index contributed by atoms with van der Waals surface area (Å²) in [5.41, 5.74) is -3.80. The molecule has 12 nitrogen and oxygen atoms in total. The normalized spacial score (nSPS) is 27.9. The molecule has 6 N–H and O–H groups in total. The van der Waals surface area contributed by atoms with Crippen molar-refractivity contribution in [2.45, 2.75) is 38.0 Å². The maximum Gasteiger partial charge on any atom is 0.246 e. The van der Waals surface area contributed by atoms with Gasteiger partial charge in [-0.1, -0.05) is 6.07 Å². The van der Waals surface area contributed by atoms with Gasteiger partial charge in [0.2, 0.25) is 11.7 Å². The zero-order valence-corrected chi connectivity index (χ0v) is 23.1. The number of ether oxygens (including phenoxy) is 1. The summed E-state index contributed by atoms with van der Waals surface area (Å²) in [6.45, 7) is 0.967. The zero-order chi connectivity index (χ0) is 29.7. The molecule has 1 aromatic rings. The van der Waals surface area contributed by atoms with Gasteiger partial charge in [-0.3, -0.25) is 24.1 Å². The first-order valence-electron chi connectivity index (χ1n) is 12.9. The van der Waals surface area contributed by atoms with Gasteiger partial charge in [-0.15, -0.1) is 0 Å². The molecule has 4 rings (SSSR count). The van der Waals surface area contributed by atoms with Gasteiger partial charge in [-0.2, -0.15) is 0 Å². The Kier molecular flexibility index (Phi) is 7.67. The minimum Gasteiger partial charge on any atom is -0.508 e. The zero-order valence-electron chi connectivity index (χ0n) is 23.1. The molecule has 0 aromatic heterocycles. The van der Waals surface area contributed by atoms with Crippen molar-refractivity contribution in [2.24, 2.45) is 11.3 Å². The fraction of sp³-hybridized carbons (Fsp3) is 0.500. The molecule has 0 heterocycles. The number of aliphatic hydroxyl groups excluding tert-OH is 2. The van der Waals surface area contributed by atoms with E-state index in [-0.39, 0.29) is 42.9 Å². The molecular weight excluding hydrogens is 522 g/mol. The Bertz CT molecular complexity index is 1360. The summed E-state index contributed by atoms with van der Waals surface area (Å²) in [5.74, 6) is -6.37. The molecule has 0 saturated heterocycles. The van der Waals surface area contributed by atoms with Crippen LogP contribution in [0.4, 0.5) is 0 Å². The average molecular weight is 558 g/mol.